The summed E-state index contributed by atoms with van der Waals surface area (Å²) in [5, 5.41) is 20.9. The number of aliphatic carboxylic acids is 1. The third-order valence-electron chi connectivity index (χ3n) is 2.41. The molecule has 0 radical (unpaired) electrons. The summed E-state index contributed by atoms with van der Waals surface area (Å²) in [6.07, 6.45) is -3.95. The van der Waals surface area contributed by atoms with Crippen LogP contribution in [-0.4, -0.2) is 29.3 Å². The zero-order chi connectivity index (χ0) is 18.0. The van der Waals surface area contributed by atoms with Crippen molar-refractivity contribution in [3.63, 3.8) is 0 Å². The highest BCUT2D eigenvalue weighted by Crippen LogP contribution is 2.30. The average Bonchev–Trinajstić information content (AvgIpc) is 2.46. The minimum atomic E-state index is -4.37. The number of halogens is 3. The Bertz CT molecular complexity index is 554. The summed E-state index contributed by atoms with van der Waals surface area (Å²) in [5.41, 5.74) is 0.0907. The smallest absolute Gasteiger partial charge is 0.416 e. The second-order valence-corrected chi connectivity index (χ2v) is 4.12. The van der Waals surface area contributed by atoms with Crippen LogP contribution in [0.2, 0.25) is 0 Å². The molecule has 0 aromatic heterocycles. The Morgan fingerprint density at radius 3 is 1.96 bits per heavy atom. The van der Waals surface area contributed by atoms with Gasteiger partial charge in [0, 0.05) is 24.5 Å². The number of hydrogen-bond acceptors (Lipinski definition) is 3. The molecule has 0 aliphatic carbocycles. The molecule has 0 heterocycles. The van der Waals surface area contributed by atoms with Crippen LogP contribution in [0.1, 0.15) is 18.9 Å². The number of carboxylic acids is 1. The van der Waals surface area contributed by atoms with Crippen molar-refractivity contribution in [2.45, 2.75) is 19.5 Å². The first kappa shape index (κ1) is 20.3. The van der Waals surface area contributed by atoms with Crippen LogP contribution in [0, 0.1) is 0 Å². The summed E-state index contributed by atoms with van der Waals surface area (Å²) < 4.78 is 36.9. The molecule has 1 aromatic rings. The van der Waals surface area contributed by atoms with E-state index in [0.29, 0.717) is 17.8 Å². The highest BCUT2D eigenvalue weighted by atomic mass is 19.4. The number of benzene rings is 1. The molecule has 6 nitrogen and oxygen atoms in total. The molecule has 0 aliphatic rings. The van der Waals surface area contributed by atoms with E-state index >= 15 is 0 Å². The first-order valence-electron chi connectivity index (χ1n) is 6.38. The molecular weight excluding hydrogens is 317 g/mol. The number of hydrogen-bond donors (Lipinski definition) is 4. The molecule has 0 saturated heterocycles. The number of carboxylic acid groups (broad SMARTS) is 2. The monoisotopic (exact) mass is 334 g/mol. The number of rotatable bonds is 4. The number of amides is 1. The van der Waals surface area contributed by atoms with Crippen molar-refractivity contribution in [1.82, 2.24) is 5.32 Å². The number of allylic oxidation sites excluding steroid dienone is 1. The molecule has 23 heavy (non-hydrogen) atoms. The Morgan fingerprint density at radius 2 is 1.65 bits per heavy atom. The molecule has 0 fully saturated rings. The van der Waals surface area contributed by atoms with Crippen molar-refractivity contribution in [2.75, 3.05) is 12.4 Å². The largest absolute Gasteiger partial charge is 0.478 e. The molecule has 9 heteroatoms. The van der Waals surface area contributed by atoms with Gasteiger partial charge in [-0.2, -0.15) is 13.2 Å². The van der Waals surface area contributed by atoms with Crippen LogP contribution in [0.15, 0.2) is 36.0 Å². The van der Waals surface area contributed by atoms with Gasteiger partial charge in [-0.15, -0.1) is 0 Å². The molecule has 1 rings (SSSR count). The van der Waals surface area contributed by atoms with Gasteiger partial charge in [0.1, 0.15) is 0 Å². The maximum absolute atomic E-state index is 12.3. The number of nitrogens with one attached hydrogen (secondary N) is 2. The molecule has 128 valence electrons. The zero-order valence-electron chi connectivity index (χ0n) is 12.4. The van der Waals surface area contributed by atoms with Gasteiger partial charge >= 0.3 is 18.2 Å². The van der Waals surface area contributed by atoms with Gasteiger partial charge in [-0.25, -0.2) is 9.59 Å². The molecule has 0 bridgehead atoms. The van der Waals surface area contributed by atoms with E-state index < -0.39 is 23.8 Å². The van der Waals surface area contributed by atoms with Gasteiger partial charge in [-0.1, -0.05) is 6.92 Å². The lowest BCUT2D eigenvalue weighted by Gasteiger charge is -2.10. The first-order valence-corrected chi connectivity index (χ1v) is 6.38. The van der Waals surface area contributed by atoms with Crippen molar-refractivity contribution in [3.05, 3.63) is 41.6 Å². The van der Waals surface area contributed by atoms with Crippen LogP contribution in [0.5, 0.6) is 0 Å². The summed E-state index contributed by atoms with van der Waals surface area (Å²) in [5.74, 6) is -1.11. The summed E-state index contributed by atoms with van der Waals surface area (Å²) in [6.45, 7) is 1.74. The van der Waals surface area contributed by atoms with Gasteiger partial charge in [-0.05, 0) is 30.7 Å². The molecule has 0 unspecified atom stereocenters. The second kappa shape index (κ2) is 9.34. The normalized spacial score (nSPS) is 11.1. The number of carbonyl (C=O) groups is 2. The summed E-state index contributed by atoms with van der Waals surface area (Å²) in [4.78, 5) is 19.7. The average molecular weight is 334 g/mol. The Labute approximate surface area is 130 Å². The van der Waals surface area contributed by atoms with Crippen molar-refractivity contribution >= 4 is 17.7 Å². The van der Waals surface area contributed by atoms with Gasteiger partial charge in [0.25, 0.3) is 0 Å². The van der Waals surface area contributed by atoms with E-state index in [4.69, 9.17) is 10.2 Å². The van der Waals surface area contributed by atoms with Crippen LogP contribution in [0.3, 0.4) is 0 Å². The predicted octanol–water partition coefficient (Wildman–Crippen LogP) is 3.38. The molecule has 1 amide bonds. The van der Waals surface area contributed by atoms with Gasteiger partial charge in [0.2, 0.25) is 0 Å². The lowest BCUT2D eigenvalue weighted by Crippen LogP contribution is -2.13. The summed E-state index contributed by atoms with van der Waals surface area (Å²) in [7, 11) is 1.35. The fraction of sp³-hybridized carbons (Fsp3) is 0.286. The van der Waals surface area contributed by atoms with Crippen LogP contribution in [-0.2, 0) is 11.0 Å². The quantitative estimate of drug-likeness (QED) is 0.633. The zero-order valence-corrected chi connectivity index (χ0v) is 12.4. The minimum absolute atomic E-state index is 0.414. The van der Waals surface area contributed by atoms with Gasteiger partial charge < -0.3 is 20.8 Å². The highest BCUT2D eigenvalue weighted by molar-refractivity contribution is 5.81. The van der Waals surface area contributed by atoms with E-state index in [-0.39, 0.29) is 0 Å². The molecule has 0 atom stereocenters. The summed E-state index contributed by atoms with van der Waals surface area (Å²) >= 11 is 0. The first-order chi connectivity index (χ1) is 10.6. The van der Waals surface area contributed by atoms with Gasteiger partial charge in [-0.3, -0.25) is 0 Å². The third-order valence-corrected chi connectivity index (χ3v) is 2.41. The van der Waals surface area contributed by atoms with E-state index in [0.717, 1.165) is 18.2 Å². The minimum Gasteiger partial charge on any atom is -0.478 e. The fourth-order valence-electron chi connectivity index (χ4n) is 1.30. The summed E-state index contributed by atoms with van der Waals surface area (Å²) in [6, 6.07) is 4.40. The molecule has 4 N–H and O–H groups in total. The van der Waals surface area contributed by atoms with Crippen molar-refractivity contribution in [1.29, 1.82) is 0 Å². The topological polar surface area (TPSA) is 98.7 Å². The third kappa shape index (κ3) is 9.02. The maximum Gasteiger partial charge on any atom is 0.416 e. The van der Waals surface area contributed by atoms with E-state index in [1.807, 2.05) is 5.32 Å². The van der Waals surface area contributed by atoms with Crippen LogP contribution < -0.4 is 10.6 Å². The molecule has 0 saturated carbocycles. The number of alkyl halides is 3. The maximum atomic E-state index is 12.3. The Hall–Kier alpha value is -2.71. The molecular formula is C14H17F3N2O4. The van der Waals surface area contributed by atoms with Gasteiger partial charge in [0.15, 0.2) is 0 Å². The van der Waals surface area contributed by atoms with Crippen molar-refractivity contribution in [3.8, 4) is 0 Å². The Kier molecular flexibility index (Phi) is 8.24. The standard InChI is InChI=1S/C12H12F3NO2.C2H5NO2/c1-2-9(7-11(17)18)16-10-5-3-8(4-6-10)12(13,14)15;1-3-2(4)5/h3-7,16H,2H2,1H3,(H,17,18);3H,1H3,(H,4,5)/b9-7-;. The molecule has 0 spiro atoms. The van der Waals surface area contributed by atoms with Crippen molar-refractivity contribution in [2.24, 2.45) is 0 Å². The van der Waals surface area contributed by atoms with E-state index in [2.05, 4.69) is 5.32 Å². The molecule has 1 aromatic carbocycles. The highest BCUT2D eigenvalue weighted by Gasteiger charge is 2.29. The van der Waals surface area contributed by atoms with Crippen LogP contribution >= 0.6 is 0 Å². The Morgan fingerprint density at radius 1 is 1.17 bits per heavy atom. The SMILES string of the molecule is CC/C(=C/C(=O)O)Nc1ccc(C(F)(F)F)cc1.CNC(=O)O. The predicted molar refractivity (Wildman–Crippen MR) is 78.2 cm³/mol. The molecule has 0 aliphatic heterocycles. The Balaban J connectivity index is 0.000000841. The van der Waals surface area contributed by atoms with Crippen molar-refractivity contribution < 1.29 is 33.0 Å². The lowest BCUT2D eigenvalue weighted by atomic mass is 10.2. The van der Waals surface area contributed by atoms with Crippen LogP contribution in [0.25, 0.3) is 0 Å². The van der Waals surface area contributed by atoms with E-state index in [1.165, 1.54) is 19.2 Å². The van der Waals surface area contributed by atoms with E-state index in [9.17, 15) is 22.8 Å². The van der Waals surface area contributed by atoms with Gasteiger partial charge in [0.05, 0.1) is 5.56 Å². The fourth-order valence-corrected chi connectivity index (χ4v) is 1.30. The second-order valence-electron chi connectivity index (χ2n) is 4.12. The number of anilines is 1. The van der Waals surface area contributed by atoms with E-state index in [1.54, 1.807) is 6.92 Å². The van der Waals surface area contributed by atoms with Crippen LogP contribution in [0.4, 0.5) is 23.7 Å². The lowest BCUT2D eigenvalue weighted by molar-refractivity contribution is -0.137.